The largest absolute Gasteiger partial charge is 0.371 e. The van der Waals surface area contributed by atoms with Crippen LogP contribution in [0, 0.1) is 11.3 Å². The van der Waals surface area contributed by atoms with Gasteiger partial charge in [0.15, 0.2) is 0 Å². The third kappa shape index (κ3) is 3.06. The van der Waals surface area contributed by atoms with Crippen molar-refractivity contribution in [3.8, 4) is 6.07 Å². The van der Waals surface area contributed by atoms with E-state index in [9.17, 15) is 8.42 Å². The van der Waals surface area contributed by atoms with Crippen molar-refractivity contribution in [3.63, 3.8) is 0 Å². The Bertz CT molecular complexity index is 715. The smallest absolute Gasteiger partial charge is 0.211 e. The van der Waals surface area contributed by atoms with Crippen LogP contribution in [0.4, 0.5) is 5.82 Å². The molecule has 0 unspecified atom stereocenters. The highest BCUT2D eigenvalue weighted by Crippen LogP contribution is 2.36. The molecule has 0 amide bonds. The molecule has 118 valence electrons. The second-order valence-electron chi connectivity index (χ2n) is 5.91. The van der Waals surface area contributed by atoms with Crippen LogP contribution in [0.25, 0.3) is 0 Å². The number of aromatic nitrogens is 1. The summed E-state index contributed by atoms with van der Waals surface area (Å²) in [6.07, 6.45) is 2.68. The van der Waals surface area contributed by atoms with Gasteiger partial charge in [-0.05, 0) is 18.6 Å². The number of hydrogen-bond acceptors (Lipinski definition) is 6. The van der Waals surface area contributed by atoms with Crippen LogP contribution in [0.3, 0.4) is 0 Å². The number of nitrogens with zero attached hydrogens (tertiary/aromatic N) is 3. The third-order valence-electron chi connectivity index (χ3n) is 4.18. The first-order valence-corrected chi connectivity index (χ1v) is 8.98. The summed E-state index contributed by atoms with van der Waals surface area (Å²) < 4.78 is 30.6. The maximum absolute atomic E-state index is 11.6. The van der Waals surface area contributed by atoms with Crippen molar-refractivity contribution in [2.75, 3.05) is 31.3 Å². The average molecular weight is 322 g/mol. The summed E-state index contributed by atoms with van der Waals surface area (Å²) in [5.74, 6) is 0.641. The molecule has 1 N–H and O–H groups in total. The molecule has 0 bridgehead atoms. The lowest BCUT2D eigenvalue weighted by molar-refractivity contribution is 0.0173. The number of sulfonamides is 1. The van der Waals surface area contributed by atoms with E-state index in [0.29, 0.717) is 37.6 Å². The molecule has 0 aliphatic carbocycles. The maximum Gasteiger partial charge on any atom is 0.211 e. The SMILES string of the molecule is CS(=O)(=O)N1CC[C@]2(C[C@@H](Nc3cccc(C#N)n3)CO2)C1. The van der Waals surface area contributed by atoms with Gasteiger partial charge in [-0.3, -0.25) is 0 Å². The number of nitrogens with one attached hydrogen (secondary N) is 1. The fourth-order valence-corrected chi connectivity index (χ4v) is 3.99. The number of anilines is 1. The molecule has 2 atom stereocenters. The first-order chi connectivity index (χ1) is 10.4. The molecule has 1 aromatic heterocycles. The van der Waals surface area contributed by atoms with Crippen molar-refractivity contribution in [1.29, 1.82) is 5.26 Å². The molecule has 0 radical (unpaired) electrons. The first kappa shape index (κ1) is 15.2. The summed E-state index contributed by atoms with van der Waals surface area (Å²) >= 11 is 0. The maximum atomic E-state index is 11.6. The molecule has 3 heterocycles. The molecule has 2 fully saturated rings. The van der Waals surface area contributed by atoms with Crippen LogP contribution in [-0.2, 0) is 14.8 Å². The summed E-state index contributed by atoms with van der Waals surface area (Å²) in [6.45, 7) is 1.43. The summed E-state index contributed by atoms with van der Waals surface area (Å²) in [7, 11) is -3.17. The van der Waals surface area contributed by atoms with Crippen molar-refractivity contribution < 1.29 is 13.2 Å². The fraction of sp³-hybridized carbons (Fsp3) is 0.571. The van der Waals surface area contributed by atoms with Crippen LogP contribution in [0.2, 0.25) is 0 Å². The molecule has 1 aromatic rings. The number of pyridine rings is 1. The van der Waals surface area contributed by atoms with Gasteiger partial charge in [0.2, 0.25) is 10.0 Å². The van der Waals surface area contributed by atoms with Crippen LogP contribution in [0.5, 0.6) is 0 Å². The van der Waals surface area contributed by atoms with Gasteiger partial charge in [-0.15, -0.1) is 0 Å². The van der Waals surface area contributed by atoms with Gasteiger partial charge in [0, 0.05) is 19.5 Å². The molecule has 0 aromatic carbocycles. The molecule has 3 rings (SSSR count). The standard InChI is InChI=1S/C14H18N4O3S/c1-22(19,20)18-6-5-14(10-18)7-12(9-21-14)17-13-4-2-3-11(8-15)16-13/h2-4,12H,5-7,9-10H2,1H3,(H,16,17)/t12-,14+/m1/s1. The predicted octanol–water partition coefficient (Wildman–Crippen LogP) is 0.558. The molecule has 1 spiro atoms. The molecule has 7 nitrogen and oxygen atoms in total. The van der Waals surface area contributed by atoms with E-state index in [0.717, 1.165) is 6.42 Å². The minimum Gasteiger partial charge on any atom is -0.371 e. The van der Waals surface area contributed by atoms with Gasteiger partial charge in [0.25, 0.3) is 0 Å². The van der Waals surface area contributed by atoms with E-state index >= 15 is 0 Å². The van der Waals surface area contributed by atoms with Gasteiger partial charge in [0.1, 0.15) is 17.6 Å². The molecule has 0 saturated carbocycles. The monoisotopic (exact) mass is 322 g/mol. The highest BCUT2D eigenvalue weighted by Gasteiger charge is 2.47. The minimum atomic E-state index is -3.17. The Labute approximate surface area is 130 Å². The second kappa shape index (κ2) is 5.50. The second-order valence-corrected chi connectivity index (χ2v) is 7.89. The van der Waals surface area contributed by atoms with Gasteiger partial charge in [0.05, 0.1) is 24.5 Å². The van der Waals surface area contributed by atoms with Gasteiger partial charge in [-0.1, -0.05) is 6.07 Å². The van der Waals surface area contributed by atoms with Gasteiger partial charge in [-0.25, -0.2) is 13.4 Å². The lowest BCUT2D eigenvalue weighted by atomic mass is 9.97. The quantitative estimate of drug-likeness (QED) is 0.873. The van der Waals surface area contributed by atoms with Crippen LogP contribution < -0.4 is 5.32 Å². The van der Waals surface area contributed by atoms with E-state index in [1.165, 1.54) is 10.6 Å². The highest BCUT2D eigenvalue weighted by molar-refractivity contribution is 7.88. The zero-order valence-electron chi connectivity index (χ0n) is 12.3. The average Bonchev–Trinajstić information content (AvgIpc) is 3.07. The zero-order valence-corrected chi connectivity index (χ0v) is 13.1. The first-order valence-electron chi connectivity index (χ1n) is 7.13. The van der Waals surface area contributed by atoms with Gasteiger partial charge < -0.3 is 10.1 Å². The Balaban J connectivity index is 1.65. The summed E-state index contributed by atoms with van der Waals surface area (Å²) in [4.78, 5) is 4.19. The van der Waals surface area contributed by atoms with Crippen LogP contribution in [-0.4, -0.2) is 55.3 Å². The number of hydrogen-bond donors (Lipinski definition) is 1. The number of ether oxygens (including phenoxy) is 1. The van der Waals surface area contributed by atoms with Crippen molar-refractivity contribution in [3.05, 3.63) is 23.9 Å². The van der Waals surface area contributed by atoms with E-state index in [1.807, 2.05) is 12.1 Å². The van der Waals surface area contributed by atoms with Crippen LogP contribution in [0.1, 0.15) is 18.5 Å². The summed E-state index contributed by atoms with van der Waals surface area (Å²) in [5, 5.41) is 12.1. The zero-order chi connectivity index (χ0) is 15.8. The van der Waals surface area contributed by atoms with E-state index in [2.05, 4.69) is 10.3 Å². The molecule has 2 saturated heterocycles. The Morgan fingerprint density at radius 1 is 1.55 bits per heavy atom. The normalized spacial score (nSPS) is 28.8. The molecule has 22 heavy (non-hydrogen) atoms. The Morgan fingerprint density at radius 2 is 2.36 bits per heavy atom. The van der Waals surface area contributed by atoms with Crippen molar-refractivity contribution >= 4 is 15.8 Å². The lowest BCUT2D eigenvalue weighted by Crippen LogP contribution is -2.35. The summed E-state index contributed by atoms with van der Waals surface area (Å²) in [5.41, 5.74) is -0.0316. The number of nitriles is 1. The predicted molar refractivity (Wildman–Crippen MR) is 80.7 cm³/mol. The van der Waals surface area contributed by atoms with E-state index in [1.54, 1.807) is 12.1 Å². The molecular weight excluding hydrogens is 304 g/mol. The highest BCUT2D eigenvalue weighted by atomic mass is 32.2. The van der Waals surface area contributed by atoms with Gasteiger partial charge in [-0.2, -0.15) is 9.57 Å². The topological polar surface area (TPSA) is 95.3 Å². The molecular formula is C14H18N4O3S. The Kier molecular flexibility index (Phi) is 3.80. The fourth-order valence-electron chi connectivity index (χ4n) is 3.10. The van der Waals surface area contributed by atoms with Crippen molar-refractivity contribution in [2.24, 2.45) is 0 Å². The minimum absolute atomic E-state index is 0.0703. The number of rotatable bonds is 3. The Morgan fingerprint density at radius 3 is 3.05 bits per heavy atom. The molecule has 8 heteroatoms. The van der Waals surface area contributed by atoms with Crippen molar-refractivity contribution in [2.45, 2.75) is 24.5 Å². The third-order valence-corrected chi connectivity index (χ3v) is 5.42. The van der Waals surface area contributed by atoms with Crippen LogP contribution >= 0.6 is 0 Å². The van der Waals surface area contributed by atoms with Crippen LogP contribution in [0.15, 0.2) is 18.2 Å². The molecule has 2 aliphatic rings. The van der Waals surface area contributed by atoms with Crippen molar-refractivity contribution in [1.82, 2.24) is 9.29 Å². The van der Waals surface area contributed by atoms with Gasteiger partial charge >= 0.3 is 0 Å². The summed E-state index contributed by atoms with van der Waals surface area (Å²) in [6, 6.07) is 7.32. The van der Waals surface area contributed by atoms with E-state index in [4.69, 9.17) is 10.00 Å². The molecule has 2 aliphatic heterocycles. The van der Waals surface area contributed by atoms with E-state index < -0.39 is 15.6 Å². The van der Waals surface area contributed by atoms with E-state index in [-0.39, 0.29) is 6.04 Å². The Hall–Kier alpha value is -1.69. The lowest BCUT2D eigenvalue weighted by Gasteiger charge is -2.22.